The van der Waals surface area contributed by atoms with Crippen molar-refractivity contribution in [2.75, 3.05) is 19.8 Å². The van der Waals surface area contributed by atoms with Crippen molar-refractivity contribution in [3.8, 4) is 0 Å². The lowest BCUT2D eigenvalue weighted by atomic mass is 10.1. The Morgan fingerprint density at radius 3 is 3.32 bits per heavy atom. The van der Waals surface area contributed by atoms with Gasteiger partial charge in [0.1, 0.15) is 5.01 Å². The van der Waals surface area contributed by atoms with Gasteiger partial charge in [0.2, 0.25) is 0 Å². The Morgan fingerprint density at radius 2 is 2.53 bits per heavy atom. The fourth-order valence-electron chi connectivity index (χ4n) is 3.07. The summed E-state index contributed by atoms with van der Waals surface area (Å²) in [6, 6.07) is 0.455. The summed E-state index contributed by atoms with van der Waals surface area (Å²) in [5, 5.41) is 3.21. The highest BCUT2D eigenvalue weighted by Crippen LogP contribution is 2.32. The van der Waals surface area contributed by atoms with Gasteiger partial charge in [-0.3, -0.25) is 4.90 Å². The van der Waals surface area contributed by atoms with Gasteiger partial charge in [-0.05, 0) is 12.8 Å². The predicted octanol–water partition coefficient (Wildman–Crippen LogP) is 2.08. The molecular formula is C14H20N2O2S. The van der Waals surface area contributed by atoms with E-state index in [4.69, 9.17) is 9.47 Å². The first-order valence-electron chi connectivity index (χ1n) is 6.85. The van der Waals surface area contributed by atoms with Crippen LogP contribution in [0.5, 0.6) is 0 Å². The van der Waals surface area contributed by atoms with Gasteiger partial charge in [0.15, 0.2) is 0 Å². The zero-order valence-electron chi connectivity index (χ0n) is 11.0. The fraction of sp³-hybridized carbons (Fsp3) is 0.643. The van der Waals surface area contributed by atoms with Crippen LogP contribution < -0.4 is 0 Å². The van der Waals surface area contributed by atoms with Crippen molar-refractivity contribution in [3.05, 3.63) is 29.2 Å². The van der Waals surface area contributed by atoms with Gasteiger partial charge in [-0.25, -0.2) is 4.98 Å². The largest absolute Gasteiger partial charge is 0.374 e. The van der Waals surface area contributed by atoms with Gasteiger partial charge in [0.25, 0.3) is 0 Å². The Morgan fingerprint density at radius 1 is 1.58 bits per heavy atom. The molecule has 0 unspecified atom stereocenters. The van der Waals surface area contributed by atoms with Gasteiger partial charge in [0, 0.05) is 24.2 Å². The van der Waals surface area contributed by atoms with Gasteiger partial charge < -0.3 is 9.47 Å². The van der Waals surface area contributed by atoms with E-state index in [0.29, 0.717) is 12.6 Å². The predicted molar refractivity (Wildman–Crippen MR) is 75.2 cm³/mol. The molecule has 1 aromatic heterocycles. The van der Waals surface area contributed by atoms with Crippen LogP contribution in [-0.2, 0) is 16.0 Å². The molecule has 2 aliphatic rings. The SMILES string of the molecule is C=CCO[C@@H]1[C@H]2CC[C@H]1OCCN2Cc1nccs1. The second-order valence-electron chi connectivity index (χ2n) is 5.04. The van der Waals surface area contributed by atoms with E-state index in [9.17, 15) is 0 Å². The van der Waals surface area contributed by atoms with E-state index < -0.39 is 0 Å². The number of hydrogen-bond acceptors (Lipinski definition) is 5. The first-order chi connectivity index (χ1) is 9.38. The summed E-state index contributed by atoms with van der Waals surface area (Å²) in [5.74, 6) is 0. The molecule has 0 aromatic carbocycles. The third-order valence-electron chi connectivity index (χ3n) is 3.90. The lowest BCUT2D eigenvalue weighted by Gasteiger charge is -2.30. The van der Waals surface area contributed by atoms with Crippen molar-refractivity contribution < 1.29 is 9.47 Å². The summed E-state index contributed by atoms with van der Waals surface area (Å²) < 4.78 is 11.9. The van der Waals surface area contributed by atoms with Crippen molar-refractivity contribution in [3.63, 3.8) is 0 Å². The Kier molecular flexibility index (Phi) is 4.28. The Labute approximate surface area is 118 Å². The second-order valence-corrected chi connectivity index (χ2v) is 6.02. The normalized spacial score (nSPS) is 31.3. The van der Waals surface area contributed by atoms with Crippen LogP contribution in [-0.4, -0.2) is 47.9 Å². The minimum absolute atomic E-state index is 0.181. The molecule has 19 heavy (non-hydrogen) atoms. The number of rotatable bonds is 5. The number of ether oxygens (including phenoxy) is 2. The second kappa shape index (κ2) is 6.13. The Hall–Kier alpha value is -0.750. The van der Waals surface area contributed by atoms with E-state index >= 15 is 0 Å². The van der Waals surface area contributed by atoms with Crippen LogP contribution in [0, 0.1) is 0 Å². The summed E-state index contributed by atoms with van der Waals surface area (Å²) in [4.78, 5) is 6.86. The molecule has 5 heteroatoms. The van der Waals surface area contributed by atoms with Crippen LogP contribution in [0.15, 0.2) is 24.2 Å². The van der Waals surface area contributed by atoms with E-state index in [1.54, 1.807) is 11.3 Å². The zero-order chi connectivity index (χ0) is 13.1. The van der Waals surface area contributed by atoms with E-state index in [0.717, 1.165) is 32.5 Å². The fourth-order valence-corrected chi connectivity index (χ4v) is 3.71. The molecule has 1 saturated carbocycles. The maximum atomic E-state index is 5.95. The molecule has 1 aliphatic heterocycles. The molecule has 1 aromatic rings. The molecule has 0 spiro atoms. The summed E-state index contributed by atoms with van der Waals surface area (Å²) in [5.41, 5.74) is 0. The van der Waals surface area contributed by atoms with Crippen molar-refractivity contribution in [2.24, 2.45) is 0 Å². The molecule has 2 bridgehead atoms. The molecule has 2 heterocycles. The number of hydrogen-bond donors (Lipinski definition) is 0. The molecule has 104 valence electrons. The average Bonchev–Trinajstić information content (AvgIpc) is 2.99. The molecule has 0 amide bonds. The Bertz CT molecular complexity index is 410. The molecule has 1 aliphatic carbocycles. The number of thiazole rings is 1. The lowest BCUT2D eigenvalue weighted by Crippen LogP contribution is -2.42. The number of fused-ring (bicyclic) bond motifs is 2. The van der Waals surface area contributed by atoms with Crippen LogP contribution in [0.1, 0.15) is 17.8 Å². The van der Waals surface area contributed by atoms with Crippen LogP contribution in [0.25, 0.3) is 0 Å². The van der Waals surface area contributed by atoms with Crippen molar-refractivity contribution in [1.29, 1.82) is 0 Å². The van der Waals surface area contributed by atoms with Crippen molar-refractivity contribution in [2.45, 2.75) is 37.6 Å². The molecule has 3 rings (SSSR count). The summed E-state index contributed by atoms with van der Waals surface area (Å²) in [6.45, 7) is 7.00. The van der Waals surface area contributed by atoms with Gasteiger partial charge in [-0.15, -0.1) is 17.9 Å². The van der Waals surface area contributed by atoms with Crippen LogP contribution in [0.4, 0.5) is 0 Å². The maximum absolute atomic E-state index is 5.95. The van der Waals surface area contributed by atoms with Gasteiger partial charge >= 0.3 is 0 Å². The summed E-state index contributed by atoms with van der Waals surface area (Å²) in [7, 11) is 0. The number of nitrogens with zero attached hydrogens (tertiary/aromatic N) is 2. The highest BCUT2D eigenvalue weighted by Gasteiger charge is 2.42. The monoisotopic (exact) mass is 280 g/mol. The van der Waals surface area contributed by atoms with Gasteiger partial charge in [-0.2, -0.15) is 0 Å². The maximum Gasteiger partial charge on any atom is 0.107 e. The standard InChI is InChI=1S/C14H20N2O2S/c1-2-7-18-14-11-3-4-12(14)17-8-6-16(11)10-13-15-5-9-19-13/h2,5,9,11-12,14H,1,3-4,6-8,10H2/t11-,12-,14-/m1/s1. The molecule has 0 N–H and O–H groups in total. The molecular weight excluding hydrogens is 260 g/mol. The molecule has 1 saturated heterocycles. The van der Waals surface area contributed by atoms with E-state index in [-0.39, 0.29) is 12.2 Å². The van der Waals surface area contributed by atoms with E-state index in [1.165, 1.54) is 5.01 Å². The van der Waals surface area contributed by atoms with E-state index in [2.05, 4.69) is 16.5 Å². The first kappa shape index (κ1) is 13.2. The minimum atomic E-state index is 0.181. The highest BCUT2D eigenvalue weighted by atomic mass is 32.1. The number of aromatic nitrogens is 1. The van der Waals surface area contributed by atoms with Crippen LogP contribution in [0.2, 0.25) is 0 Å². The summed E-state index contributed by atoms with van der Waals surface area (Å²) >= 11 is 1.72. The lowest BCUT2D eigenvalue weighted by molar-refractivity contribution is -0.0447. The van der Waals surface area contributed by atoms with E-state index in [1.807, 2.05) is 17.7 Å². The molecule has 4 nitrogen and oxygen atoms in total. The van der Waals surface area contributed by atoms with Crippen LogP contribution in [0.3, 0.4) is 0 Å². The molecule has 3 atom stereocenters. The zero-order valence-corrected chi connectivity index (χ0v) is 11.8. The smallest absolute Gasteiger partial charge is 0.107 e. The van der Waals surface area contributed by atoms with Crippen LogP contribution >= 0.6 is 11.3 Å². The third kappa shape index (κ3) is 2.89. The first-order valence-corrected chi connectivity index (χ1v) is 7.73. The highest BCUT2D eigenvalue weighted by molar-refractivity contribution is 7.09. The third-order valence-corrected chi connectivity index (χ3v) is 4.66. The molecule has 0 radical (unpaired) electrons. The van der Waals surface area contributed by atoms with Gasteiger partial charge in [-0.1, -0.05) is 6.08 Å². The topological polar surface area (TPSA) is 34.6 Å². The van der Waals surface area contributed by atoms with Gasteiger partial charge in [0.05, 0.1) is 32.0 Å². The average molecular weight is 280 g/mol. The quantitative estimate of drug-likeness (QED) is 0.774. The molecule has 2 fully saturated rings. The minimum Gasteiger partial charge on any atom is -0.374 e. The van der Waals surface area contributed by atoms with Crippen molar-refractivity contribution >= 4 is 11.3 Å². The van der Waals surface area contributed by atoms with Crippen molar-refractivity contribution in [1.82, 2.24) is 9.88 Å². The Balaban J connectivity index is 1.71. The summed E-state index contributed by atoms with van der Waals surface area (Å²) in [6.07, 6.45) is 6.37.